The zero-order valence-corrected chi connectivity index (χ0v) is 16.2. The highest BCUT2D eigenvalue weighted by Crippen LogP contribution is 2.30. The first-order valence-electron chi connectivity index (χ1n) is 9.44. The van der Waals surface area contributed by atoms with E-state index in [0.717, 1.165) is 31.1 Å². The first-order valence-corrected chi connectivity index (χ1v) is 10.3. The maximum atomic E-state index is 12.3. The van der Waals surface area contributed by atoms with Crippen LogP contribution in [0.3, 0.4) is 0 Å². The molecule has 1 N–H and O–H groups in total. The van der Waals surface area contributed by atoms with Crippen molar-refractivity contribution in [3.63, 3.8) is 0 Å². The van der Waals surface area contributed by atoms with E-state index in [1.807, 2.05) is 24.3 Å². The maximum Gasteiger partial charge on any atom is 0.264 e. The van der Waals surface area contributed by atoms with Gasteiger partial charge in [-0.15, -0.1) is 0 Å². The Labute approximate surface area is 163 Å². The van der Waals surface area contributed by atoms with Crippen LogP contribution in [0.5, 0.6) is 0 Å². The molecule has 0 radical (unpaired) electrons. The number of furan rings is 1. The number of benzene rings is 1. The molecule has 140 valence electrons. The molecule has 6 heteroatoms. The molecule has 1 amide bonds. The molecule has 2 saturated heterocycles. The number of aryl methyl sites for hydroxylation is 1. The second-order valence-corrected chi connectivity index (χ2v) is 7.76. The van der Waals surface area contributed by atoms with Crippen LogP contribution in [0.4, 0.5) is 11.6 Å². The molecule has 3 heterocycles. The van der Waals surface area contributed by atoms with Crippen molar-refractivity contribution in [1.29, 1.82) is 0 Å². The Morgan fingerprint density at radius 3 is 2.67 bits per heavy atom. The zero-order chi connectivity index (χ0) is 18.6. The quantitative estimate of drug-likeness (QED) is 0.778. The highest BCUT2D eigenvalue weighted by atomic mass is 32.2. The van der Waals surface area contributed by atoms with Crippen LogP contribution in [0.25, 0.3) is 6.08 Å². The molecule has 0 spiro atoms. The molecule has 2 aliphatic rings. The number of nitrogens with zero attached hydrogens (tertiary/aromatic N) is 2. The lowest BCUT2D eigenvalue weighted by molar-refractivity contribution is -0.115. The summed E-state index contributed by atoms with van der Waals surface area (Å²) in [5.41, 5.74) is 2.10. The SMILES string of the molecule is CCc1ccc(N=C2NC(=O)/C(=C/c3ccc(N4CCCCC4)o3)S2)cc1. The number of carbonyl (C=O) groups is 1. The second kappa shape index (κ2) is 8.05. The third-order valence-electron chi connectivity index (χ3n) is 4.78. The molecule has 1 aromatic heterocycles. The van der Waals surface area contributed by atoms with Crippen molar-refractivity contribution in [3.05, 3.63) is 52.6 Å². The van der Waals surface area contributed by atoms with E-state index in [9.17, 15) is 4.79 Å². The Morgan fingerprint density at radius 2 is 1.93 bits per heavy atom. The standard InChI is InChI=1S/C21H23N3O2S/c1-2-15-6-8-16(9-7-15)22-21-23-20(25)18(27-21)14-17-10-11-19(26-17)24-12-4-3-5-13-24/h6-11,14H,2-5,12-13H2,1H3,(H,22,23,25)/b18-14-. The van der Waals surface area contributed by atoms with Crippen molar-refractivity contribution in [2.75, 3.05) is 18.0 Å². The monoisotopic (exact) mass is 381 g/mol. The van der Waals surface area contributed by atoms with Gasteiger partial charge in [-0.2, -0.15) is 0 Å². The third kappa shape index (κ3) is 4.27. The Kier molecular flexibility index (Phi) is 5.34. The van der Waals surface area contributed by atoms with E-state index in [4.69, 9.17) is 4.42 Å². The smallest absolute Gasteiger partial charge is 0.264 e. The topological polar surface area (TPSA) is 57.8 Å². The Bertz CT molecular complexity index is 877. The molecule has 2 aromatic rings. The maximum absolute atomic E-state index is 12.3. The third-order valence-corrected chi connectivity index (χ3v) is 5.69. The van der Waals surface area contributed by atoms with Crippen molar-refractivity contribution in [2.45, 2.75) is 32.6 Å². The van der Waals surface area contributed by atoms with E-state index in [0.29, 0.717) is 15.8 Å². The normalized spacial score (nSPS) is 20.5. The average Bonchev–Trinajstić information content (AvgIpc) is 3.30. The summed E-state index contributed by atoms with van der Waals surface area (Å²) in [7, 11) is 0. The van der Waals surface area contributed by atoms with Gasteiger partial charge in [0, 0.05) is 25.2 Å². The van der Waals surface area contributed by atoms with Gasteiger partial charge in [0.05, 0.1) is 10.6 Å². The lowest BCUT2D eigenvalue weighted by Gasteiger charge is -2.25. The summed E-state index contributed by atoms with van der Waals surface area (Å²) in [6.07, 6.45) is 6.48. The highest BCUT2D eigenvalue weighted by molar-refractivity contribution is 8.18. The van der Waals surface area contributed by atoms with Gasteiger partial charge >= 0.3 is 0 Å². The van der Waals surface area contributed by atoms with Gasteiger partial charge in [0.25, 0.3) is 5.91 Å². The Morgan fingerprint density at radius 1 is 1.15 bits per heavy atom. The summed E-state index contributed by atoms with van der Waals surface area (Å²) in [5.74, 6) is 1.44. The van der Waals surface area contributed by atoms with Gasteiger partial charge in [-0.05, 0) is 61.2 Å². The number of hydrogen-bond acceptors (Lipinski definition) is 5. The largest absolute Gasteiger partial charge is 0.441 e. The molecule has 0 aliphatic carbocycles. The first kappa shape index (κ1) is 17.9. The van der Waals surface area contributed by atoms with Crippen LogP contribution < -0.4 is 10.2 Å². The van der Waals surface area contributed by atoms with Crippen molar-refractivity contribution >= 4 is 40.5 Å². The summed E-state index contributed by atoms with van der Waals surface area (Å²) < 4.78 is 5.93. The lowest BCUT2D eigenvalue weighted by Crippen LogP contribution is -2.28. The number of anilines is 1. The molecule has 0 atom stereocenters. The number of hydrogen-bond donors (Lipinski definition) is 1. The molecule has 2 fully saturated rings. The number of rotatable bonds is 4. The van der Waals surface area contributed by atoms with Crippen molar-refractivity contribution in [3.8, 4) is 0 Å². The van der Waals surface area contributed by atoms with Crippen LogP contribution in [0.1, 0.15) is 37.5 Å². The molecule has 1 aromatic carbocycles. The summed E-state index contributed by atoms with van der Waals surface area (Å²) >= 11 is 1.34. The molecule has 0 unspecified atom stereocenters. The van der Waals surface area contributed by atoms with Crippen LogP contribution in [-0.4, -0.2) is 24.2 Å². The minimum atomic E-state index is -0.139. The summed E-state index contributed by atoms with van der Waals surface area (Å²) in [6.45, 7) is 4.19. The van der Waals surface area contributed by atoms with Gasteiger partial charge < -0.3 is 14.6 Å². The predicted molar refractivity (Wildman–Crippen MR) is 111 cm³/mol. The van der Waals surface area contributed by atoms with Gasteiger partial charge in [-0.3, -0.25) is 4.79 Å². The van der Waals surface area contributed by atoms with Gasteiger partial charge in [-0.1, -0.05) is 19.1 Å². The van der Waals surface area contributed by atoms with E-state index in [2.05, 4.69) is 34.3 Å². The molecule has 4 rings (SSSR count). The molecule has 5 nitrogen and oxygen atoms in total. The van der Waals surface area contributed by atoms with Gasteiger partial charge in [0.1, 0.15) is 5.76 Å². The summed E-state index contributed by atoms with van der Waals surface area (Å²) in [6, 6.07) is 12.0. The highest BCUT2D eigenvalue weighted by Gasteiger charge is 2.24. The number of piperidine rings is 1. The summed E-state index contributed by atoms with van der Waals surface area (Å²) in [4.78, 5) is 19.6. The molecule has 0 saturated carbocycles. The van der Waals surface area contributed by atoms with Crippen molar-refractivity contribution in [1.82, 2.24) is 5.32 Å². The van der Waals surface area contributed by atoms with Gasteiger partial charge in [0.15, 0.2) is 11.1 Å². The number of carbonyl (C=O) groups excluding carboxylic acids is 1. The molecular formula is C21H23N3O2S. The molecule has 0 bridgehead atoms. The minimum absolute atomic E-state index is 0.139. The van der Waals surface area contributed by atoms with Crippen LogP contribution in [-0.2, 0) is 11.2 Å². The molecule has 2 aliphatic heterocycles. The fourth-order valence-electron chi connectivity index (χ4n) is 3.24. The number of amidine groups is 1. The Balaban J connectivity index is 1.47. The number of nitrogens with one attached hydrogen (secondary N) is 1. The van der Waals surface area contributed by atoms with E-state index >= 15 is 0 Å². The average molecular weight is 382 g/mol. The van der Waals surface area contributed by atoms with Gasteiger partial charge in [0.2, 0.25) is 0 Å². The first-order chi connectivity index (χ1) is 13.2. The molecular weight excluding hydrogens is 358 g/mol. The Hall–Kier alpha value is -2.47. The van der Waals surface area contributed by atoms with E-state index < -0.39 is 0 Å². The van der Waals surface area contributed by atoms with Crippen LogP contribution in [0.15, 0.2) is 50.7 Å². The van der Waals surface area contributed by atoms with Crippen molar-refractivity contribution < 1.29 is 9.21 Å². The molecule has 27 heavy (non-hydrogen) atoms. The van der Waals surface area contributed by atoms with Crippen LogP contribution >= 0.6 is 11.8 Å². The van der Waals surface area contributed by atoms with E-state index in [1.54, 1.807) is 6.08 Å². The van der Waals surface area contributed by atoms with E-state index in [-0.39, 0.29) is 5.91 Å². The lowest BCUT2D eigenvalue weighted by atomic mass is 10.1. The second-order valence-electron chi connectivity index (χ2n) is 6.73. The van der Waals surface area contributed by atoms with E-state index in [1.165, 1.54) is 36.6 Å². The van der Waals surface area contributed by atoms with Crippen LogP contribution in [0.2, 0.25) is 0 Å². The summed E-state index contributed by atoms with van der Waals surface area (Å²) in [5, 5.41) is 3.42. The zero-order valence-electron chi connectivity index (χ0n) is 15.4. The number of aliphatic imine (C=N–C) groups is 1. The van der Waals surface area contributed by atoms with Crippen molar-refractivity contribution in [2.24, 2.45) is 4.99 Å². The van der Waals surface area contributed by atoms with Crippen LogP contribution in [0, 0.1) is 0 Å². The fraction of sp³-hybridized carbons (Fsp3) is 0.333. The minimum Gasteiger partial charge on any atom is -0.441 e. The van der Waals surface area contributed by atoms with Gasteiger partial charge in [-0.25, -0.2) is 4.99 Å². The predicted octanol–water partition coefficient (Wildman–Crippen LogP) is 4.72. The fourth-order valence-corrected chi connectivity index (χ4v) is 4.06. The number of amides is 1. The number of thioether (sulfide) groups is 1.